The van der Waals surface area contributed by atoms with Crippen LogP contribution in [0.5, 0.6) is 0 Å². The van der Waals surface area contributed by atoms with Gasteiger partial charge in [-0.3, -0.25) is 9.69 Å². The fourth-order valence-electron chi connectivity index (χ4n) is 2.05. The maximum atomic E-state index is 11.9. The van der Waals surface area contributed by atoms with Crippen molar-refractivity contribution in [2.24, 2.45) is 5.92 Å². The maximum absolute atomic E-state index is 11.9. The number of aromatic amines is 1. The molecular weight excluding hydrogens is 232 g/mol. The predicted octanol–water partition coefficient (Wildman–Crippen LogP) is -0.0788. The van der Waals surface area contributed by atoms with E-state index in [0.29, 0.717) is 29.9 Å². The number of carbonyl (C=O) groups is 1. The lowest BCUT2D eigenvalue weighted by atomic mass is 10.1. The molecule has 3 rings (SSSR count). The molecule has 7 nitrogen and oxygen atoms in total. The van der Waals surface area contributed by atoms with Crippen molar-refractivity contribution in [2.75, 3.05) is 17.2 Å². The molecule has 3 heterocycles. The van der Waals surface area contributed by atoms with Crippen LogP contribution >= 0.6 is 0 Å². The smallest absolute Gasteiger partial charge is 0.229 e. The average molecular weight is 242 g/mol. The highest BCUT2D eigenvalue weighted by Gasteiger charge is 2.32. The Morgan fingerprint density at radius 3 is 3.11 bits per heavy atom. The molecule has 7 heteroatoms. The fourth-order valence-corrected chi connectivity index (χ4v) is 2.05. The number of hydrogen-bond acceptors (Lipinski definition) is 5. The molecule has 0 bridgehead atoms. The van der Waals surface area contributed by atoms with E-state index in [-0.39, 0.29) is 17.8 Å². The monoisotopic (exact) mass is 242 g/mol. The van der Waals surface area contributed by atoms with E-state index in [1.807, 2.05) is 0 Å². The molecule has 1 atom stereocenters. The first-order valence-electron chi connectivity index (χ1n) is 5.42. The van der Waals surface area contributed by atoms with E-state index < -0.39 is 0 Å². The summed E-state index contributed by atoms with van der Waals surface area (Å²) < 4.78 is 0. The molecule has 2 aromatic rings. The summed E-state index contributed by atoms with van der Waals surface area (Å²) in [6.07, 6.45) is 7.17. The molecule has 90 valence electrons. The quantitative estimate of drug-likeness (QED) is 0.681. The molecule has 0 saturated carbocycles. The Morgan fingerprint density at radius 2 is 2.39 bits per heavy atom. The molecular formula is C11H10N6O. The highest BCUT2D eigenvalue weighted by atomic mass is 16.2. The Labute approximate surface area is 102 Å². The van der Waals surface area contributed by atoms with Gasteiger partial charge in [0.2, 0.25) is 11.9 Å². The number of imidazole rings is 1. The lowest BCUT2D eigenvalue weighted by Gasteiger charge is -2.15. The molecule has 1 aliphatic rings. The van der Waals surface area contributed by atoms with E-state index in [0.717, 1.165) is 0 Å². The number of aromatic nitrogens is 4. The molecule has 18 heavy (non-hydrogen) atoms. The van der Waals surface area contributed by atoms with Crippen molar-refractivity contribution in [1.82, 2.24) is 19.9 Å². The van der Waals surface area contributed by atoms with Gasteiger partial charge in [0.1, 0.15) is 5.52 Å². The molecule has 1 unspecified atom stereocenters. The van der Waals surface area contributed by atoms with Gasteiger partial charge in [-0.25, -0.2) is 4.98 Å². The third-order valence-corrected chi connectivity index (χ3v) is 2.90. The summed E-state index contributed by atoms with van der Waals surface area (Å²) in [5.41, 5.74) is 6.64. The topological polar surface area (TPSA) is 101 Å². The van der Waals surface area contributed by atoms with E-state index >= 15 is 0 Å². The number of fused-ring (bicyclic) bond motifs is 1. The lowest BCUT2D eigenvalue weighted by Crippen LogP contribution is -2.26. The number of terminal acetylenes is 1. The van der Waals surface area contributed by atoms with Crippen LogP contribution in [-0.2, 0) is 4.79 Å². The van der Waals surface area contributed by atoms with Gasteiger partial charge in [0.25, 0.3) is 0 Å². The summed E-state index contributed by atoms with van der Waals surface area (Å²) in [5, 5.41) is 0. The minimum Gasteiger partial charge on any atom is -0.368 e. The SMILES string of the molecule is C#CC1CC(=O)N(c2nc(N)nc3nc[nH]c23)C1. The molecule has 0 spiro atoms. The van der Waals surface area contributed by atoms with Gasteiger partial charge in [0.15, 0.2) is 11.5 Å². The third kappa shape index (κ3) is 1.47. The van der Waals surface area contributed by atoms with Crippen LogP contribution in [0.3, 0.4) is 0 Å². The number of nitrogens with zero attached hydrogens (tertiary/aromatic N) is 4. The van der Waals surface area contributed by atoms with Gasteiger partial charge in [-0.1, -0.05) is 0 Å². The van der Waals surface area contributed by atoms with Crippen molar-refractivity contribution in [3.63, 3.8) is 0 Å². The van der Waals surface area contributed by atoms with E-state index in [1.54, 1.807) is 0 Å². The molecule has 0 aromatic carbocycles. The van der Waals surface area contributed by atoms with Crippen LogP contribution in [0.1, 0.15) is 6.42 Å². The van der Waals surface area contributed by atoms with Crippen LogP contribution in [0.25, 0.3) is 11.2 Å². The molecule has 2 aromatic heterocycles. The summed E-state index contributed by atoms with van der Waals surface area (Å²) in [7, 11) is 0. The highest BCUT2D eigenvalue weighted by Crippen LogP contribution is 2.28. The number of anilines is 2. The maximum Gasteiger partial charge on any atom is 0.229 e. The van der Waals surface area contributed by atoms with Crippen molar-refractivity contribution in [3.8, 4) is 12.3 Å². The average Bonchev–Trinajstić information content (AvgIpc) is 2.94. The van der Waals surface area contributed by atoms with Crippen molar-refractivity contribution >= 4 is 28.8 Å². The minimum absolute atomic E-state index is 0.0630. The van der Waals surface area contributed by atoms with Crippen molar-refractivity contribution in [3.05, 3.63) is 6.33 Å². The zero-order valence-electron chi connectivity index (χ0n) is 9.42. The van der Waals surface area contributed by atoms with E-state index in [1.165, 1.54) is 11.2 Å². The molecule has 1 fully saturated rings. The van der Waals surface area contributed by atoms with Crippen molar-refractivity contribution < 1.29 is 4.79 Å². The van der Waals surface area contributed by atoms with Gasteiger partial charge in [0.05, 0.1) is 6.33 Å². The van der Waals surface area contributed by atoms with E-state index in [2.05, 4.69) is 25.9 Å². The summed E-state index contributed by atoms with van der Waals surface area (Å²) in [6.45, 7) is 0.444. The van der Waals surface area contributed by atoms with Gasteiger partial charge in [-0.15, -0.1) is 12.3 Å². The van der Waals surface area contributed by atoms with E-state index in [4.69, 9.17) is 12.2 Å². The van der Waals surface area contributed by atoms with Gasteiger partial charge >= 0.3 is 0 Å². The number of carbonyl (C=O) groups excluding carboxylic acids is 1. The molecule has 1 saturated heterocycles. The zero-order chi connectivity index (χ0) is 12.7. The minimum atomic E-state index is -0.0911. The van der Waals surface area contributed by atoms with Gasteiger partial charge in [-0.05, 0) is 0 Å². The number of nitrogens with one attached hydrogen (secondary N) is 1. The van der Waals surface area contributed by atoms with Crippen LogP contribution in [-0.4, -0.2) is 32.4 Å². The van der Waals surface area contributed by atoms with E-state index in [9.17, 15) is 4.79 Å². The number of hydrogen-bond donors (Lipinski definition) is 2. The number of nitrogen functional groups attached to an aromatic ring is 1. The molecule has 3 N–H and O–H groups in total. The number of amides is 1. The summed E-state index contributed by atoms with van der Waals surface area (Å²) in [6, 6.07) is 0. The largest absolute Gasteiger partial charge is 0.368 e. The second kappa shape index (κ2) is 3.70. The van der Waals surface area contributed by atoms with Gasteiger partial charge < -0.3 is 10.7 Å². The Balaban J connectivity index is 2.12. The molecule has 1 amide bonds. The summed E-state index contributed by atoms with van der Waals surface area (Å²) >= 11 is 0. The first-order chi connectivity index (χ1) is 8.69. The van der Waals surface area contributed by atoms with Crippen LogP contribution in [0, 0.1) is 18.3 Å². The van der Waals surface area contributed by atoms with Gasteiger partial charge in [-0.2, -0.15) is 9.97 Å². The fraction of sp³-hybridized carbons (Fsp3) is 0.273. The molecule has 0 aliphatic carbocycles. The Bertz CT molecular complexity index is 670. The van der Waals surface area contributed by atoms with Gasteiger partial charge in [0, 0.05) is 18.9 Å². The van der Waals surface area contributed by atoms with Crippen LogP contribution < -0.4 is 10.6 Å². The summed E-state index contributed by atoms with van der Waals surface area (Å²) in [4.78, 5) is 28.5. The second-order valence-electron chi connectivity index (χ2n) is 4.08. The first-order valence-corrected chi connectivity index (χ1v) is 5.42. The second-order valence-corrected chi connectivity index (χ2v) is 4.08. The Morgan fingerprint density at radius 1 is 1.56 bits per heavy atom. The molecule has 1 aliphatic heterocycles. The summed E-state index contributed by atoms with van der Waals surface area (Å²) in [5.74, 6) is 2.96. The van der Waals surface area contributed by atoms with Crippen LogP contribution in [0.2, 0.25) is 0 Å². The standard InChI is InChI=1S/C11H10N6O/c1-2-6-3-7(18)17(4-6)10-8-9(14-5-13-8)15-11(12)16-10/h1,5-6H,3-4H2,(H3,12,13,14,15,16). The Hall–Kier alpha value is -2.62. The number of rotatable bonds is 1. The predicted molar refractivity (Wildman–Crippen MR) is 65.4 cm³/mol. The first kappa shape index (κ1) is 10.5. The highest BCUT2D eigenvalue weighted by molar-refractivity contribution is 6.01. The number of nitrogens with two attached hydrogens (primary N) is 1. The number of H-pyrrole nitrogens is 1. The van der Waals surface area contributed by atoms with Crippen molar-refractivity contribution in [2.45, 2.75) is 6.42 Å². The normalized spacial score (nSPS) is 19.4. The third-order valence-electron chi connectivity index (χ3n) is 2.90. The molecule has 0 radical (unpaired) electrons. The Kier molecular flexibility index (Phi) is 2.16. The zero-order valence-corrected chi connectivity index (χ0v) is 9.42. The van der Waals surface area contributed by atoms with Crippen LogP contribution in [0.4, 0.5) is 11.8 Å². The van der Waals surface area contributed by atoms with Crippen LogP contribution in [0.15, 0.2) is 6.33 Å². The van der Waals surface area contributed by atoms with Crippen molar-refractivity contribution in [1.29, 1.82) is 0 Å². The lowest BCUT2D eigenvalue weighted by molar-refractivity contribution is -0.117.